The van der Waals surface area contributed by atoms with Crippen molar-refractivity contribution in [3.8, 4) is 0 Å². The maximum atomic E-state index is 6.20. The molecule has 0 radical (unpaired) electrons. The summed E-state index contributed by atoms with van der Waals surface area (Å²) < 4.78 is 0. The van der Waals surface area contributed by atoms with Crippen molar-refractivity contribution in [2.75, 3.05) is 11.1 Å². The molecule has 4 bridgehead atoms. The van der Waals surface area contributed by atoms with E-state index in [2.05, 4.69) is 24.4 Å². The van der Waals surface area contributed by atoms with Crippen LogP contribution in [0.1, 0.15) is 71.1 Å². The van der Waals surface area contributed by atoms with Crippen LogP contribution in [0.25, 0.3) is 0 Å². The van der Waals surface area contributed by atoms with Gasteiger partial charge in [-0.2, -0.15) is 0 Å². The van der Waals surface area contributed by atoms with Gasteiger partial charge in [-0.05, 0) is 98.5 Å². The minimum absolute atomic E-state index is 0.629. The molecule has 4 aliphatic carbocycles. The van der Waals surface area contributed by atoms with Crippen LogP contribution in [0.2, 0.25) is 0 Å². The van der Waals surface area contributed by atoms with Crippen LogP contribution in [0.4, 0.5) is 11.4 Å². The van der Waals surface area contributed by atoms with Crippen molar-refractivity contribution in [3.05, 3.63) is 24.3 Å². The van der Waals surface area contributed by atoms with Crippen LogP contribution in [0.15, 0.2) is 24.3 Å². The lowest BCUT2D eigenvalue weighted by atomic mass is 9.53. The highest BCUT2D eigenvalue weighted by Crippen LogP contribution is 2.55. The summed E-state index contributed by atoms with van der Waals surface area (Å²) in [6.07, 6.45) is 14.9. The van der Waals surface area contributed by atoms with Gasteiger partial charge in [0.05, 0.1) is 11.4 Å². The van der Waals surface area contributed by atoms with Gasteiger partial charge in [0.25, 0.3) is 0 Å². The minimum atomic E-state index is 0.629. The van der Waals surface area contributed by atoms with Gasteiger partial charge in [0, 0.05) is 6.04 Å². The molecule has 4 aliphatic rings. The number of rotatable bonds is 3. The van der Waals surface area contributed by atoms with E-state index in [1.54, 1.807) is 19.3 Å². The Labute approximate surface area is 165 Å². The Kier molecular flexibility index (Phi) is 4.86. The summed E-state index contributed by atoms with van der Waals surface area (Å²) in [5.74, 6) is 7.09. The molecule has 0 saturated heterocycles. The van der Waals surface area contributed by atoms with Crippen LogP contribution in [0.3, 0.4) is 0 Å². The predicted molar refractivity (Wildman–Crippen MR) is 115 cm³/mol. The normalized spacial score (nSPS) is 43.9. The monoisotopic (exact) mass is 366 g/mol. The zero-order chi connectivity index (χ0) is 18.4. The molecule has 4 saturated carbocycles. The molecule has 148 valence electrons. The van der Waals surface area contributed by atoms with E-state index in [4.69, 9.17) is 5.73 Å². The van der Waals surface area contributed by atoms with Crippen LogP contribution in [-0.2, 0) is 0 Å². The first kappa shape index (κ1) is 17.9. The minimum Gasteiger partial charge on any atom is -0.397 e. The largest absolute Gasteiger partial charge is 0.397 e. The first-order valence-electron chi connectivity index (χ1n) is 11.8. The molecule has 3 N–H and O–H groups in total. The second kappa shape index (κ2) is 7.33. The lowest BCUT2D eigenvalue weighted by molar-refractivity contribution is -0.0143. The molecule has 27 heavy (non-hydrogen) atoms. The summed E-state index contributed by atoms with van der Waals surface area (Å²) >= 11 is 0. The fourth-order valence-electron chi connectivity index (χ4n) is 8.07. The molecule has 0 heterocycles. The first-order valence-corrected chi connectivity index (χ1v) is 11.8. The predicted octanol–water partition coefficient (Wildman–Crippen LogP) is 6.34. The lowest BCUT2D eigenvalue weighted by Crippen LogP contribution is -2.46. The van der Waals surface area contributed by atoms with Gasteiger partial charge in [0.15, 0.2) is 0 Å². The van der Waals surface area contributed by atoms with E-state index in [9.17, 15) is 0 Å². The Bertz CT molecular complexity index is 623. The second-order valence-electron chi connectivity index (χ2n) is 10.7. The maximum absolute atomic E-state index is 6.20. The molecule has 0 aromatic heterocycles. The van der Waals surface area contributed by atoms with Gasteiger partial charge in [-0.1, -0.05) is 38.3 Å². The van der Waals surface area contributed by atoms with E-state index in [-0.39, 0.29) is 0 Å². The number of benzene rings is 1. The standard InChI is InChI=1S/C25H38N2/c1-16-9-17-11-18(10-16)13-21(12-17)25-19-5-4-6-20(25)15-22(14-19)27-24-8-3-2-7-23(24)26/h2-3,7-8,16-22,25,27H,4-6,9-15,26H2,1H3/t16?,17-,18+,19-,20+,21?,22?,25?. The molecular formula is C25H38N2. The van der Waals surface area contributed by atoms with Crippen LogP contribution < -0.4 is 11.1 Å². The summed E-state index contributed by atoms with van der Waals surface area (Å²) in [6, 6.07) is 8.95. The number of hydrogen-bond donors (Lipinski definition) is 2. The number of nitrogens with one attached hydrogen (secondary N) is 1. The third-order valence-electron chi connectivity index (χ3n) is 8.69. The van der Waals surface area contributed by atoms with Gasteiger partial charge in [-0.25, -0.2) is 0 Å². The van der Waals surface area contributed by atoms with Crippen molar-refractivity contribution in [2.24, 2.45) is 41.4 Å². The maximum Gasteiger partial charge on any atom is 0.0576 e. The molecule has 4 unspecified atom stereocenters. The van der Waals surface area contributed by atoms with E-state index in [1.165, 1.54) is 44.9 Å². The Hall–Kier alpha value is -1.18. The van der Waals surface area contributed by atoms with Crippen molar-refractivity contribution in [3.63, 3.8) is 0 Å². The molecule has 8 atom stereocenters. The van der Waals surface area contributed by atoms with Crippen LogP contribution >= 0.6 is 0 Å². The first-order chi connectivity index (χ1) is 13.2. The lowest BCUT2D eigenvalue weighted by Gasteiger charge is -2.53. The van der Waals surface area contributed by atoms with E-state index in [1.807, 2.05) is 12.1 Å². The summed E-state index contributed by atoms with van der Waals surface area (Å²) in [5.41, 5.74) is 8.25. The quantitative estimate of drug-likeness (QED) is 0.613. The number of anilines is 2. The highest BCUT2D eigenvalue weighted by Gasteiger charge is 2.47. The van der Waals surface area contributed by atoms with Crippen LogP contribution in [0, 0.1) is 41.4 Å². The summed E-state index contributed by atoms with van der Waals surface area (Å²) in [4.78, 5) is 0. The van der Waals surface area contributed by atoms with Gasteiger partial charge in [0.1, 0.15) is 0 Å². The summed E-state index contributed by atoms with van der Waals surface area (Å²) in [5, 5.41) is 3.82. The number of para-hydroxylation sites is 2. The molecule has 0 amide bonds. The van der Waals surface area contributed by atoms with E-state index in [0.29, 0.717) is 6.04 Å². The number of nitrogens with two attached hydrogens (primary N) is 1. The van der Waals surface area contributed by atoms with E-state index < -0.39 is 0 Å². The van der Waals surface area contributed by atoms with Gasteiger partial charge < -0.3 is 11.1 Å². The van der Waals surface area contributed by atoms with Gasteiger partial charge in [-0.15, -0.1) is 0 Å². The Morgan fingerprint density at radius 3 is 2.15 bits per heavy atom. The van der Waals surface area contributed by atoms with Crippen molar-refractivity contribution in [1.29, 1.82) is 0 Å². The van der Waals surface area contributed by atoms with Gasteiger partial charge in [-0.3, -0.25) is 0 Å². The molecule has 2 heteroatoms. The van der Waals surface area contributed by atoms with Crippen molar-refractivity contribution >= 4 is 11.4 Å². The number of fused-ring (bicyclic) bond motifs is 4. The molecule has 1 aromatic rings. The van der Waals surface area contributed by atoms with Crippen molar-refractivity contribution in [2.45, 2.75) is 77.2 Å². The zero-order valence-corrected chi connectivity index (χ0v) is 17.1. The van der Waals surface area contributed by atoms with Crippen LogP contribution in [-0.4, -0.2) is 6.04 Å². The van der Waals surface area contributed by atoms with Gasteiger partial charge in [0.2, 0.25) is 0 Å². The van der Waals surface area contributed by atoms with E-state index in [0.717, 1.165) is 52.8 Å². The second-order valence-corrected chi connectivity index (χ2v) is 10.7. The molecular weight excluding hydrogens is 328 g/mol. The topological polar surface area (TPSA) is 38.0 Å². The highest BCUT2D eigenvalue weighted by molar-refractivity contribution is 5.66. The molecule has 5 rings (SSSR count). The summed E-state index contributed by atoms with van der Waals surface area (Å²) in [7, 11) is 0. The average molecular weight is 367 g/mol. The fourth-order valence-corrected chi connectivity index (χ4v) is 8.07. The molecule has 2 nitrogen and oxygen atoms in total. The summed E-state index contributed by atoms with van der Waals surface area (Å²) in [6.45, 7) is 2.50. The molecule has 0 aliphatic heterocycles. The molecule has 0 spiro atoms. The Morgan fingerprint density at radius 2 is 1.48 bits per heavy atom. The van der Waals surface area contributed by atoms with Crippen LogP contribution in [0.5, 0.6) is 0 Å². The average Bonchev–Trinajstić information content (AvgIpc) is 2.62. The van der Waals surface area contributed by atoms with Gasteiger partial charge >= 0.3 is 0 Å². The third kappa shape index (κ3) is 3.61. The van der Waals surface area contributed by atoms with Crippen molar-refractivity contribution < 1.29 is 0 Å². The third-order valence-corrected chi connectivity index (χ3v) is 8.69. The van der Waals surface area contributed by atoms with E-state index >= 15 is 0 Å². The molecule has 4 fully saturated rings. The highest BCUT2D eigenvalue weighted by atomic mass is 14.9. The molecule has 1 aromatic carbocycles. The smallest absolute Gasteiger partial charge is 0.0576 e. The Morgan fingerprint density at radius 1 is 0.815 bits per heavy atom. The van der Waals surface area contributed by atoms with Crippen molar-refractivity contribution in [1.82, 2.24) is 0 Å². The number of nitrogen functional groups attached to an aromatic ring is 1. The number of hydrogen-bond acceptors (Lipinski definition) is 2. The fraction of sp³-hybridized carbons (Fsp3) is 0.760. The zero-order valence-electron chi connectivity index (χ0n) is 17.1. The SMILES string of the molecule is CC1C[C@@H]2CC(C3[C@@H]4CCC[C@H]3CC(Nc3ccccc3N)C4)C[C@H](C1)C2. The Balaban J connectivity index is 1.28.